The number of imide groups is 1. The van der Waals surface area contributed by atoms with E-state index in [1.165, 1.54) is 12.1 Å². The Labute approximate surface area is 122 Å². The van der Waals surface area contributed by atoms with Gasteiger partial charge in [0.15, 0.2) is 6.10 Å². The number of ether oxygens (including phenoxy) is 1. The number of fused-ring (bicyclic) bond motifs is 1. The van der Waals surface area contributed by atoms with Crippen molar-refractivity contribution >= 4 is 17.8 Å². The van der Waals surface area contributed by atoms with Gasteiger partial charge in [-0.1, -0.05) is 30.5 Å². The summed E-state index contributed by atoms with van der Waals surface area (Å²) in [7, 11) is 0. The molecular formula is C15H17NO5. The van der Waals surface area contributed by atoms with Gasteiger partial charge in [-0.15, -0.1) is 0 Å². The Morgan fingerprint density at radius 1 is 1.14 bits per heavy atom. The van der Waals surface area contributed by atoms with E-state index in [4.69, 9.17) is 9.57 Å². The minimum Gasteiger partial charge on any atom is -0.367 e. The molecule has 0 saturated heterocycles. The highest BCUT2D eigenvalue weighted by Crippen LogP contribution is 2.23. The lowest BCUT2D eigenvalue weighted by Gasteiger charge is -2.18. The second kappa shape index (κ2) is 6.49. The van der Waals surface area contributed by atoms with Crippen LogP contribution in [0.3, 0.4) is 0 Å². The van der Waals surface area contributed by atoms with Crippen molar-refractivity contribution in [3.8, 4) is 0 Å². The van der Waals surface area contributed by atoms with Crippen molar-refractivity contribution in [3.63, 3.8) is 0 Å². The average Bonchev–Trinajstić information content (AvgIpc) is 2.72. The van der Waals surface area contributed by atoms with Gasteiger partial charge in [-0.25, -0.2) is 4.79 Å². The van der Waals surface area contributed by atoms with Crippen molar-refractivity contribution in [1.82, 2.24) is 5.06 Å². The summed E-state index contributed by atoms with van der Waals surface area (Å²) in [6.45, 7) is 4.02. The van der Waals surface area contributed by atoms with E-state index < -0.39 is 23.9 Å². The van der Waals surface area contributed by atoms with E-state index in [0.717, 1.165) is 6.42 Å². The van der Waals surface area contributed by atoms with Crippen molar-refractivity contribution in [2.24, 2.45) is 0 Å². The van der Waals surface area contributed by atoms with Gasteiger partial charge in [-0.2, -0.15) is 0 Å². The lowest BCUT2D eigenvalue weighted by Crippen LogP contribution is -2.37. The number of hydrogen-bond acceptors (Lipinski definition) is 5. The minimum atomic E-state index is -0.774. The third kappa shape index (κ3) is 2.95. The Kier molecular flexibility index (Phi) is 4.70. The number of hydroxylamine groups is 2. The summed E-state index contributed by atoms with van der Waals surface area (Å²) in [5, 5.41) is 0.509. The van der Waals surface area contributed by atoms with Crippen molar-refractivity contribution in [2.75, 3.05) is 6.61 Å². The Morgan fingerprint density at radius 2 is 1.71 bits per heavy atom. The summed E-state index contributed by atoms with van der Waals surface area (Å²) in [5.74, 6) is -1.99. The fourth-order valence-electron chi connectivity index (χ4n) is 2.13. The number of carbonyl (C=O) groups is 3. The van der Waals surface area contributed by atoms with Crippen LogP contribution < -0.4 is 0 Å². The maximum Gasteiger partial charge on any atom is 0.361 e. The molecule has 1 aliphatic rings. The third-order valence-corrected chi connectivity index (χ3v) is 3.12. The standard InChI is InChI=1S/C15H17NO5/c1-3-7-12(20-4-2)15(19)21-16-13(17)10-8-5-6-9-11(10)14(16)18/h5-6,8-9,12H,3-4,7H2,1-2H3. The topological polar surface area (TPSA) is 72.9 Å². The van der Waals surface area contributed by atoms with Crippen molar-refractivity contribution in [1.29, 1.82) is 0 Å². The quantitative estimate of drug-likeness (QED) is 0.749. The highest BCUT2D eigenvalue weighted by Gasteiger charge is 2.39. The highest BCUT2D eigenvalue weighted by molar-refractivity contribution is 6.20. The molecule has 0 bridgehead atoms. The van der Waals surface area contributed by atoms with Gasteiger partial charge in [0, 0.05) is 6.61 Å². The van der Waals surface area contributed by atoms with Gasteiger partial charge in [0.05, 0.1) is 11.1 Å². The zero-order chi connectivity index (χ0) is 15.4. The highest BCUT2D eigenvalue weighted by atomic mass is 16.7. The second-order valence-electron chi connectivity index (χ2n) is 4.59. The molecule has 1 heterocycles. The molecule has 21 heavy (non-hydrogen) atoms. The molecule has 1 atom stereocenters. The SMILES string of the molecule is CCCC(OCC)C(=O)ON1C(=O)c2ccccc2C1=O. The molecule has 0 N–H and O–H groups in total. The Bertz CT molecular complexity index is 528. The summed E-state index contributed by atoms with van der Waals surface area (Å²) >= 11 is 0. The molecule has 0 fully saturated rings. The summed E-state index contributed by atoms with van der Waals surface area (Å²) in [5.41, 5.74) is 0.470. The fourth-order valence-corrected chi connectivity index (χ4v) is 2.13. The minimum absolute atomic E-state index is 0.235. The monoisotopic (exact) mass is 291 g/mol. The first kappa shape index (κ1) is 15.2. The smallest absolute Gasteiger partial charge is 0.361 e. The van der Waals surface area contributed by atoms with Crippen LogP contribution in [0.1, 0.15) is 47.4 Å². The summed E-state index contributed by atoms with van der Waals surface area (Å²) in [6.07, 6.45) is 0.418. The van der Waals surface area contributed by atoms with E-state index in [2.05, 4.69) is 0 Å². The Hall–Kier alpha value is -2.21. The van der Waals surface area contributed by atoms with Gasteiger partial charge < -0.3 is 9.57 Å². The largest absolute Gasteiger partial charge is 0.367 e. The zero-order valence-corrected chi connectivity index (χ0v) is 12.0. The predicted octanol–water partition coefficient (Wildman–Crippen LogP) is 1.95. The first-order chi connectivity index (χ1) is 10.1. The molecule has 6 heteroatoms. The molecule has 112 valence electrons. The molecular weight excluding hydrogens is 274 g/mol. The van der Waals surface area contributed by atoms with Gasteiger partial charge in [-0.3, -0.25) is 9.59 Å². The van der Waals surface area contributed by atoms with Crippen LogP contribution in [0.2, 0.25) is 0 Å². The lowest BCUT2D eigenvalue weighted by molar-refractivity contribution is -0.182. The molecule has 0 aliphatic carbocycles. The van der Waals surface area contributed by atoms with E-state index in [9.17, 15) is 14.4 Å². The van der Waals surface area contributed by atoms with Crippen LogP contribution in [0.25, 0.3) is 0 Å². The number of hydrogen-bond donors (Lipinski definition) is 0. The fraction of sp³-hybridized carbons (Fsp3) is 0.400. The van der Waals surface area contributed by atoms with E-state index in [-0.39, 0.29) is 11.1 Å². The van der Waals surface area contributed by atoms with E-state index in [1.807, 2.05) is 6.92 Å². The first-order valence-corrected chi connectivity index (χ1v) is 6.91. The van der Waals surface area contributed by atoms with E-state index in [1.54, 1.807) is 19.1 Å². The second-order valence-corrected chi connectivity index (χ2v) is 4.59. The molecule has 0 aromatic heterocycles. The third-order valence-electron chi connectivity index (χ3n) is 3.12. The molecule has 6 nitrogen and oxygen atoms in total. The van der Waals surface area contributed by atoms with Gasteiger partial charge >= 0.3 is 5.97 Å². The summed E-state index contributed by atoms with van der Waals surface area (Å²) in [6, 6.07) is 6.34. The molecule has 1 aliphatic heterocycles. The molecule has 0 radical (unpaired) electrons. The van der Waals surface area contributed by atoms with Gasteiger partial charge in [0.25, 0.3) is 11.8 Å². The molecule has 1 unspecified atom stereocenters. The maximum absolute atomic E-state index is 12.1. The first-order valence-electron chi connectivity index (χ1n) is 6.91. The van der Waals surface area contributed by atoms with Gasteiger partial charge in [0.2, 0.25) is 0 Å². The predicted molar refractivity (Wildman–Crippen MR) is 73.4 cm³/mol. The van der Waals surface area contributed by atoms with Crippen LogP contribution in [-0.4, -0.2) is 35.6 Å². The molecule has 1 aromatic carbocycles. The van der Waals surface area contributed by atoms with Crippen LogP contribution >= 0.6 is 0 Å². The Morgan fingerprint density at radius 3 is 2.19 bits per heavy atom. The zero-order valence-electron chi connectivity index (χ0n) is 12.0. The van der Waals surface area contributed by atoms with E-state index >= 15 is 0 Å². The van der Waals surface area contributed by atoms with Crippen molar-refractivity contribution in [2.45, 2.75) is 32.8 Å². The molecule has 0 spiro atoms. The summed E-state index contributed by atoms with van der Waals surface area (Å²) < 4.78 is 5.28. The number of carbonyl (C=O) groups excluding carboxylic acids is 3. The van der Waals surface area contributed by atoms with Crippen LogP contribution in [0, 0.1) is 0 Å². The maximum atomic E-state index is 12.1. The number of amides is 2. The van der Waals surface area contributed by atoms with Gasteiger partial charge in [0.1, 0.15) is 0 Å². The normalized spacial score (nSPS) is 15.0. The van der Waals surface area contributed by atoms with Crippen molar-refractivity contribution in [3.05, 3.63) is 35.4 Å². The van der Waals surface area contributed by atoms with E-state index in [0.29, 0.717) is 18.1 Å². The molecule has 2 amide bonds. The number of nitrogens with zero attached hydrogens (tertiary/aromatic N) is 1. The molecule has 1 aromatic rings. The number of benzene rings is 1. The van der Waals surface area contributed by atoms with Crippen molar-refractivity contribution < 1.29 is 24.0 Å². The molecule has 2 rings (SSSR count). The lowest BCUT2D eigenvalue weighted by atomic mass is 10.1. The van der Waals surface area contributed by atoms with Crippen LogP contribution in [-0.2, 0) is 14.4 Å². The van der Waals surface area contributed by atoms with Gasteiger partial charge in [-0.05, 0) is 25.5 Å². The van der Waals surface area contributed by atoms with Crippen LogP contribution in [0.15, 0.2) is 24.3 Å². The average molecular weight is 291 g/mol. The molecule has 0 saturated carbocycles. The Balaban J connectivity index is 2.12. The van der Waals surface area contributed by atoms with Crippen LogP contribution in [0.5, 0.6) is 0 Å². The van der Waals surface area contributed by atoms with Crippen LogP contribution in [0.4, 0.5) is 0 Å². The summed E-state index contributed by atoms with van der Waals surface area (Å²) in [4.78, 5) is 41.1. The number of rotatable bonds is 6.